The van der Waals surface area contributed by atoms with Crippen molar-refractivity contribution in [1.29, 1.82) is 0 Å². The highest BCUT2D eigenvalue weighted by Crippen LogP contribution is 2.33. The Kier molecular flexibility index (Phi) is 3.11. The minimum atomic E-state index is 1.14. The molecule has 1 nitrogen and oxygen atoms in total. The highest BCUT2D eigenvalue weighted by Gasteiger charge is 2.01. The minimum absolute atomic E-state index is 1.14. The van der Waals surface area contributed by atoms with Crippen molar-refractivity contribution in [3.05, 3.63) is 41.8 Å². The average Bonchev–Trinajstić information content (AvgIpc) is 2.67. The van der Waals surface area contributed by atoms with Gasteiger partial charge in [0.05, 0.1) is 0 Å². The molecule has 1 N–H and O–H groups in total. The topological polar surface area (TPSA) is 12.0 Å². The normalized spacial score (nSPS) is 10.1. The summed E-state index contributed by atoms with van der Waals surface area (Å²) in [7, 11) is 0. The van der Waals surface area contributed by atoms with Gasteiger partial charge in [0, 0.05) is 10.6 Å². The van der Waals surface area contributed by atoms with Crippen LogP contribution in [-0.2, 0) is 0 Å². The van der Waals surface area contributed by atoms with E-state index in [0.29, 0.717) is 0 Å². The molecule has 0 unspecified atom stereocenters. The summed E-state index contributed by atoms with van der Waals surface area (Å²) in [5, 5.41) is 6.74. The van der Waals surface area contributed by atoms with Gasteiger partial charge in [0.1, 0.15) is 5.00 Å². The quantitative estimate of drug-likeness (QED) is 0.779. The predicted molar refractivity (Wildman–Crippen MR) is 65.8 cm³/mol. The van der Waals surface area contributed by atoms with E-state index in [1.54, 1.807) is 23.1 Å². The van der Waals surface area contributed by atoms with Gasteiger partial charge >= 0.3 is 0 Å². The first-order chi connectivity index (χ1) is 6.90. The van der Waals surface area contributed by atoms with Crippen LogP contribution >= 0.6 is 23.1 Å². The maximum absolute atomic E-state index is 3.40. The van der Waals surface area contributed by atoms with E-state index in [-0.39, 0.29) is 0 Å². The SMILES string of the molecule is CSc1ccsc1Nc1ccccc1. The van der Waals surface area contributed by atoms with Gasteiger partial charge < -0.3 is 5.32 Å². The number of para-hydroxylation sites is 1. The van der Waals surface area contributed by atoms with Crippen molar-refractivity contribution in [3.63, 3.8) is 0 Å². The van der Waals surface area contributed by atoms with Crippen molar-refractivity contribution in [2.24, 2.45) is 0 Å². The second-order valence-electron chi connectivity index (χ2n) is 2.81. The minimum Gasteiger partial charge on any atom is -0.346 e. The third-order valence-corrected chi connectivity index (χ3v) is 3.62. The van der Waals surface area contributed by atoms with E-state index in [2.05, 4.69) is 35.2 Å². The molecule has 0 fully saturated rings. The number of hydrogen-bond donors (Lipinski definition) is 1. The van der Waals surface area contributed by atoms with Crippen LogP contribution in [0, 0.1) is 0 Å². The van der Waals surface area contributed by atoms with E-state index in [1.165, 1.54) is 9.90 Å². The molecule has 0 aliphatic heterocycles. The van der Waals surface area contributed by atoms with Gasteiger partial charge in [-0.3, -0.25) is 0 Å². The highest BCUT2D eigenvalue weighted by molar-refractivity contribution is 7.99. The van der Waals surface area contributed by atoms with E-state index in [4.69, 9.17) is 0 Å². The number of benzene rings is 1. The van der Waals surface area contributed by atoms with Crippen molar-refractivity contribution in [1.82, 2.24) is 0 Å². The number of hydrogen-bond acceptors (Lipinski definition) is 3. The molecule has 0 amide bonds. The van der Waals surface area contributed by atoms with Crippen LogP contribution in [0.25, 0.3) is 0 Å². The molecule has 0 bridgehead atoms. The van der Waals surface area contributed by atoms with Gasteiger partial charge in [0.25, 0.3) is 0 Å². The lowest BCUT2D eigenvalue weighted by molar-refractivity contribution is 1.51. The van der Waals surface area contributed by atoms with Gasteiger partial charge in [-0.25, -0.2) is 0 Å². The van der Waals surface area contributed by atoms with E-state index in [1.807, 2.05) is 18.2 Å². The van der Waals surface area contributed by atoms with E-state index < -0.39 is 0 Å². The molecule has 72 valence electrons. The van der Waals surface area contributed by atoms with Gasteiger partial charge in [-0.1, -0.05) is 18.2 Å². The average molecular weight is 221 g/mol. The van der Waals surface area contributed by atoms with Crippen LogP contribution in [0.15, 0.2) is 46.7 Å². The third kappa shape index (κ3) is 2.11. The van der Waals surface area contributed by atoms with Crippen LogP contribution in [-0.4, -0.2) is 6.26 Å². The molecule has 0 spiro atoms. The summed E-state index contributed by atoms with van der Waals surface area (Å²) in [6.07, 6.45) is 2.10. The van der Waals surface area contributed by atoms with E-state index in [9.17, 15) is 0 Å². The first-order valence-corrected chi connectivity index (χ1v) is 6.44. The fraction of sp³-hybridized carbons (Fsp3) is 0.0909. The standard InChI is InChI=1S/C11H11NS2/c1-13-10-7-8-14-11(10)12-9-5-3-2-4-6-9/h2-8,12H,1H3. The zero-order chi connectivity index (χ0) is 9.80. The fourth-order valence-electron chi connectivity index (χ4n) is 1.20. The first kappa shape index (κ1) is 9.62. The van der Waals surface area contributed by atoms with E-state index >= 15 is 0 Å². The smallest absolute Gasteiger partial charge is 0.106 e. The lowest BCUT2D eigenvalue weighted by atomic mass is 10.3. The fourth-order valence-corrected chi connectivity index (χ4v) is 2.82. The van der Waals surface area contributed by atoms with Gasteiger partial charge in [-0.05, 0) is 29.8 Å². The number of thiophene rings is 1. The Balaban J connectivity index is 2.19. The molecule has 1 aromatic heterocycles. The van der Waals surface area contributed by atoms with Gasteiger partial charge in [-0.2, -0.15) is 0 Å². The Labute approximate surface area is 92.2 Å². The Morgan fingerprint density at radius 2 is 1.93 bits per heavy atom. The maximum atomic E-state index is 3.40. The van der Waals surface area contributed by atoms with Crippen molar-refractivity contribution >= 4 is 33.8 Å². The van der Waals surface area contributed by atoms with Crippen LogP contribution < -0.4 is 5.32 Å². The molecule has 2 rings (SSSR count). The molecular weight excluding hydrogens is 210 g/mol. The van der Waals surface area contributed by atoms with Gasteiger partial charge in [0.15, 0.2) is 0 Å². The van der Waals surface area contributed by atoms with Crippen LogP contribution in [0.4, 0.5) is 10.7 Å². The Hall–Kier alpha value is -0.930. The summed E-state index contributed by atoms with van der Waals surface area (Å²) in [5.74, 6) is 0. The number of rotatable bonds is 3. The molecule has 1 aromatic carbocycles. The summed E-state index contributed by atoms with van der Waals surface area (Å²) in [5.41, 5.74) is 1.14. The Morgan fingerprint density at radius 3 is 2.64 bits per heavy atom. The van der Waals surface area contributed by atoms with Crippen LogP contribution in [0.3, 0.4) is 0 Å². The van der Waals surface area contributed by atoms with Crippen molar-refractivity contribution in [2.75, 3.05) is 11.6 Å². The summed E-state index contributed by atoms with van der Waals surface area (Å²) < 4.78 is 0. The molecule has 0 aliphatic rings. The molecule has 0 atom stereocenters. The summed E-state index contributed by atoms with van der Waals surface area (Å²) in [4.78, 5) is 1.30. The third-order valence-electron chi connectivity index (χ3n) is 1.88. The summed E-state index contributed by atoms with van der Waals surface area (Å²) in [6, 6.07) is 12.4. The number of thioether (sulfide) groups is 1. The van der Waals surface area contributed by atoms with Crippen molar-refractivity contribution in [3.8, 4) is 0 Å². The Bertz CT molecular complexity index is 395. The zero-order valence-electron chi connectivity index (χ0n) is 7.86. The summed E-state index contributed by atoms with van der Waals surface area (Å²) >= 11 is 3.51. The molecule has 0 radical (unpaired) electrons. The zero-order valence-corrected chi connectivity index (χ0v) is 9.49. The predicted octanol–water partition coefficient (Wildman–Crippen LogP) is 4.21. The van der Waals surface area contributed by atoms with Crippen LogP contribution in [0.2, 0.25) is 0 Å². The summed E-state index contributed by atoms with van der Waals surface area (Å²) in [6.45, 7) is 0. The molecule has 0 saturated carbocycles. The number of nitrogens with one attached hydrogen (secondary N) is 1. The molecule has 0 saturated heterocycles. The molecule has 1 heterocycles. The van der Waals surface area contributed by atoms with Gasteiger partial charge in [-0.15, -0.1) is 23.1 Å². The van der Waals surface area contributed by atoms with Crippen molar-refractivity contribution in [2.45, 2.75) is 4.90 Å². The molecule has 0 aliphatic carbocycles. The lowest BCUT2D eigenvalue weighted by Crippen LogP contribution is -1.87. The highest BCUT2D eigenvalue weighted by atomic mass is 32.2. The molecule has 2 aromatic rings. The van der Waals surface area contributed by atoms with Crippen molar-refractivity contribution < 1.29 is 0 Å². The second kappa shape index (κ2) is 4.53. The maximum Gasteiger partial charge on any atom is 0.106 e. The van der Waals surface area contributed by atoms with Crippen LogP contribution in [0.5, 0.6) is 0 Å². The number of anilines is 2. The monoisotopic (exact) mass is 221 g/mol. The second-order valence-corrected chi connectivity index (χ2v) is 4.57. The molecular formula is C11H11NS2. The largest absolute Gasteiger partial charge is 0.346 e. The lowest BCUT2D eigenvalue weighted by Gasteiger charge is -2.04. The molecule has 14 heavy (non-hydrogen) atoms. The first-order valence-electron chi connectivity index (χ1n) is 4.33. The Morgan fingerprint density at radius 1 is 1.14 bits per heavy atom. The molecule has 3 heteroatoms. The van der Waals surface area contributed by atoms with E-state index in [0.717, 1.165) is 5.69 Å². The van der Waals surface area contributed by atoms with Gasteiger partial charge in [0.2, 0.25) is 0 Å². The van der Waals surface area contributed by atoms with Crippen LogP contribution in [0.1, 0.15) is 0 Å².